The zero-order valence-corrected chi connectivity index (χ0v) is 19.8. The van der Waals surface area contributed by atoms with Gasteiger partial charge in [-0.3, -0.25) is 14.4 Å². The fourth-order valence-electron chi connectivity index (χ4n) is 4.88. The van der Waals surface area contributed by atoms with Crippen LogP contribution >= 0.6 is 0 Å². The van der Waals surface area contributed by atoms with E-state index in [0.29, 0.717) is 42.9 Å². The molecule has 5 rings (SSSR count). The van der Waals surface area contributed by atoms with Crippen LogP contribution in [0.2, 0.25) is 0 Å². The molecule has 0 unspecified atom stereocenters. The van der Waals surface area contributed by atoms with E-state index in [1.807, 2.05) is 25.1 Å². The zero-order chi connectivity index (χ0) is 24.9. The molecule has 0 aliphatic carbocycles. The Kier molecular flexibility index (Phi) is 5.62. The van der Waals surface area contributed by atoms with Crippen LogP contribution in [0.15, 0.2) is 36.4 Å². The lowest BCUT2D eigenvalue weighted by molar-refractivity contribution is -0.117. The van der Waals surface area contributed by atoms with E-state index in [-0.39, 0.29) is 34.7 Å². The van der Waals surface area contributed by atoms with Gasteiger partial charge in [-0.15, -0.1) is 0 Å². The summed E-state index contributed by atoms with van der Waals surface area (Å²) in [5.41, 5.74) is 3.76. The number of carbonyl (C=O) groups is 3. The number of anilines is 2. The highest BCUT2D eigenvalue weighted by molar-refractivity contribution is 6.10. The van der Waals surface area contributed by atoms with Crippen LogP contribution < -0.4 is 14.5 Å². The Balaban J connectivity index is 1.55. The van der Waals surface area contributed by atoms with E-state index in [1.165, 1.54) is 30.8 Å². The van der Waals surface area contributed by atoms with Gasteiger partial charge in [0.2, 0.25) is 5.91 Å². The number of hydrogen-bond acceptors (Lipinski definition) is 5. The molecule has 1 fully saturated rings. The molecule has 3 aromatic rings. The summed E-state index contributed by atoms with van der Waals surface area (Å²) in [5, 5.41) is 4.40. The van der Waals surface area contributed by atoms with Gasteiger partial charge in [-0.05, 0) is 55.7 Å². The molecule has 180 valence electrons. The van der Waals surface area contributed by atoms with Crippen molar-refractivity contribution in [1.82, 2.24) is 9.78 Å². The zero-order valence-electron chi connectivity index (χ0n) is 19.8. The van der Waals surface area contributed by atoms with Gasteiger partial charge < -0.3 is 14.5 Å². The molecular weight excluding hydrogens is 451 g/mol. The molecule has 0 spiro atoms. The van der Waals surface area contributed by atoms with Crippen molar-refractivity contribution in [2.45, 2.75) is 33.1 Å². The third-order valence-corrected chi connectivity index (χ3v) is 6.59. The molecule has 2 aliphatic heterocycles. The number of rotatable bonds is 5. The number of Topliss-reactive ketones (excluding diaryl/α,β-unsaturated/α-hetero) is 1. The topological polar surface area (TPSA) is 84.7 Å². The molecule has 8 nitrogen and oxygen atoms in total. The SMILES string of the molecule is COc1ccc(-n2nc(C(C)=O)c3c2C(=O)N(c2ccc(N4CCCC4=O)c(C)c2)CC3)cc1F. The van der Waals surface area contributed by atoms with Crippen LogP contribution in [-0.4, -0.2) is 47.6 Å². The number of amides is 2. The number of hydrogen-bond donors (Lipinski definition) is 0. The van der Waals surface area contributed by atoms with E-state index in [1.54, 1.807) is 15.9 Å². The van der Waals surface area contributed by atoms with Gasteiger partial charge in [-0.1, -0.05) is 0 Å². The van der Waals surface area contributed by atoms with Crippen LogP contribution in [0.1, 0.15) is 51.9 Å². The van der Waals surface area contributed by atoms with E-state index >= 15 is 0 Å². The number of ether oxygens (including phenoxy) is 1. The minimum Gasteiger partial charge on any atom is -0.494 e. The number of nitrogens with zero attached hydrogens (tertiary/aromatic N) is 4. The minimum atomic E-state index is -0.596. The van der Waals surface area contributed by atoms with Crippen LogP contribution in [-0.2, 0) is 11.2 Å². The van der Waals surface area contributed by atoms with Crippen molar-refractivity contribution in [3.8, 4) is 11.4 Å². The lowest BCUT2D eigenvalue weighted by Gasteiger charge is -2.29. The molecule has 1 aromatic heterocycles. The summed E-state index contributed by atoms with van der Waals surface area (Å²) in [5.74, 6) is -1.01. The Morgan fingerprint density at radius 1 is 1.03 bits per heavy atom. The third-order valence-electron chi connectivity index (χ3n) is 6.59. The van der Waals surface area contributed by atoms with E-state index < -0.39 is 5.82 Å². The average molecular weight is 477 g/mol. The van der Waals surface area contributed by atoms with Crippen molar-refractivity contribution >= 4 is 29.0 Å². The second-order valence-corrected chi connectivity index (χ2v) is 8.79. The molecule has 2 amide bonds. The van der Waals surface area contributed by atoms with Gasteiger partial charge in [0.1, 0.15) is 11.4 Å². The monoisotopic (exact) mass is 476 g/mol. The number of carbonyl (C=O) groups excluding carboxylic acids is 3. The number of ketones is 1. The Labute approximate surface area is 201 Å². The van der Waals surface area contributed by atoms with E-state index in [4.69, 9.17) is 4.74 Å². The van der Waals surface area contributed by atoms with Gasteiger partial charge in [0.05, 0.1) is 12.8 Å². The van der Waals surface area contributed by atoms with Crippen LogP contribution in [0.3, 0.4) is 0 Å². The first-order valence-electron chi connectivity index (χ1n) is 11.5. The van der Waals surface area contributed by atoms with Gasteiger partial charge >= 0.3 is 0 Å². The molecule has 0 N–H and O–H groups in total. The average Bonchev–Trinajstić information content (AvgIpc) is 3.43. The fraction of sp³-hybridized carbons (Fsp3) is 0.308. The maximum Gasteiger partial charge on any atom is 0.277 e. The lowest BCUT2D eigenvalue weighted by Crippen LogP contribution is -2.39. The van der Waals surface area contributed by atoms with Crippen molar-refractivity contribution in [2.75, 3.05) is 30.0 Å². The summed E-state index contributed by atoms with van der Waals surface area (Å²) in [6.07, 6.45) is 1.81. The predicted octanol–water partition coefficient (Wildman–Crippen LogP) is 3.86. The molecule has 2 aromatic carbocycles. The summed E-state index contributed by atoms with van der Waals surface area (Å²) < 4.78 is 20.8. The molecule has 3 heterocycles. The number of aryl methyl sites for hydroxylation is 1. The summed E-state index contributed by atoms with van der Waals surface area (Å²) >= 11 is 0. The number of methoxy groups -OCH3 is 1. The first kappa shape index (κ1) is 22.8. The summed E-state index contributed by atoms with van der Waals surface area (Å²) in [7, 11) is 1.37. The molecule has 0 radical (unpaired) electrons. The quantitative estimate of drug-likeness (QED) is 0.522. The van der Waals surface area contributed by atoms with E-state index in [0.717, 1.165) is 17.7 Å². The van der Waals surface area contributed by atoms with Crippen LogP contribution in [0.25, 0.3) is 5.69 Å². The Morgan fingerprint density at radius 3 is 2.43 bits per heavy atom. The van der Waals surface area contributed by atoms with Crippen molar-refractivity contribution < 1.29 is 23.5 Å². The van der Waals surface area contributed by atoms with Gasteiger partial charge in [0, 0.05) is 49.4 Å². The number of fused-ring (bicyclic) bond motifs is 1. The van der Waals surface area contributed by atoms with Gasteiger partial charge in [0.25, 0.3) is 5.91 Å². The van der Waals surface area contributed by atoms with Gasteiger partial charge in [-0.2, -0.15) is 5.10 Å². The van der Waals surface area contributed by atoms with Crippen molar-refractivity contribution in [3.63, 3.8) is 0 Å². The second-order valence-electron chi connectivity index (χ2n) is 8.79. The van der Waals surface area contributed by atoms with Gasteiger partial charge in [0.15, 0.2) is 17.3 Å². The Morgan fingerprint density at radius 2 is 1.80 bits per heavy atom. The van der Waals surface area contributed by atoms with Gasteiger partial charge in [-0.25, -0.2) is 9.07 Å². The molecule has 35 heavy (non-hydrogen) atoms. The van der Waals surface area contributed by atoms with Crippen LogP contribution in [0.4, 0.5) is 15.8 Å². The summed E-state index contributed by atoms with van der Waals surface area (Å²) in [6.45, 7) is 4.38. The number of aromatic nitrogens is 2. The lowest BCUT2D eigenvalue weighted by atomic mass is 10.0. The third kappa shape index (κ3) is 3.77. The highest BCUT2D eigenvalue weighted by Crippen LogP contribution is 2.33. The summed E-state index contributed by atoms with van der Waals surface area (Å²) in [4.78, 5) is 41.6. The molecule has 2 aliphatic rings. The number of halogens is 1. The smallest absolute Gasteiger partial charge is 0.277 e. The first-order valence-corrected chi connectivity index (χ1v) is 11.5. The standard InChI is InChI=1S/C26H25FN4O4/c1-15-13-17(6-8-21(15)30-11-4-5-23(30)33)29-12-10-19-24(16(2)32)28-31(25(19)26(29)34)18-7-9-22(35-3)20(27)14-18/h6-9,13-14H,4-5,10-12H2,1-3H3. The Hall–Kier alpha value is -4.01. The fourth-order valence-corrected chi connectivity index (χ4v) is 4.88. The maximum atomic E-state index is 14.5. The molecule has 9 heteroatoms. The van der Waals surface area contributed by atoms with Crippen LogP contribution in [0.5, 0.6) is 5.75 Å². The molecule has 0 bridgehead atoms. The highest BCUT2D eigenvalue weighted by Gasteiger charge is 2.35. The van der Waals surface area contributed by atoms with Crippen molar-refractivity contribution in [3.05, 3.63) is 64.7 Å². The second kappa shape index (κ2) is 8.65. The number of benzene rings is 2. The molecular formula is C26H25FN4O4. The highest BCUT2D eigenvalue weighted by atomic mass is 19.1. The van der Waals surface area contributed by atoms with Crippen LogP contribution in [0, 0.1) is 12.7 Å². The predicted molar refractivity (Wildman–Crippen MR) is 128 cm³/mol. The van der Waals surface area contributed by atoms with E-state index in [2.05, 4.69) is 5.10 Å². The largest absolute Gasteiger partial charge is 0.494 e. The minimum absolute atomic E-state index is 0.0709. The Bertz CT molecular complexity index is 1380. The van der Waals surface area contributed by atoms with Crippen molar-refractivity contribution in [1.29, 1.82) is 0 Å². The molecule has 1 saturated heterocycles. The maximum absolute atomic E-state index is 14.5. The van der Waals surface area contributed by atoms with Crippen molar-refractivity contribution in [2.24, 2.45) is 0 Å². The first-order chi connectivity index (χ1) is 16.8. The summed E-state index contributed by atoms with van der Waals surface area (Å²) in [6, 6.07) is 9.87. The normalized spacial score (nSPS) is 15.5. The molecule has 0 atom stereocenters. The molecule has 0 saturated carbocycles. The van der Waals surface area contributed by atoms with E-state index in [9.17, 15) is 18.8 Å².